The van der Waals surface area contributed by atoms with Crippen molar-refractivity contribution in [3.05, 3.63) is 58.8 Å². The summed E-state index contributed by atoms with van der Waals surface area (Å²) in [6, 6.07) is 13.4. The Kier molecular flexibility index (Phi) is 6.93. The van der Waals surface area contributed by atoms with Gasteiger partial charge in [0.1, 0.15) is 11.5 Å². The summed E-state index contributed by atoms with van der Waals surface area (Å²) < 4.78 is 15.9. The van der Waals surface area contributed by atoms with Crippen LogP contribution in [-0.4, -0.2) is 39.2 Å². The monoisotopic (exact) mass is 419 g/mol. The highest BCUT2D eigenvalue weighted by Crippen LogP contribution is 2.27. The van der Waals surface area contributed by atoms with E-state index < -0.39 is 5.97 Å². The predicted octanol–water partition coefficient (Wildman–Crippen LogP) is 4.10. The first-order valence-corrected chi connectivity index (χ1v) is 9.97. The van der Waals surface area contributed by atoms with Crippen LogP contribution in [0, 0.1) is 18.3 Å². The van der Waals surface area contributed by atoms with Gasteiger partial charge < -0.3 is 19.1 Å². The molecule has 1 aliphatic heterocycles. The van der Waals surface area contributed by atoms with Crippen molar-refractivity contribution in [2.45, 2.75) is 20.3 Å². The van der Waals surface area contributed by atoms with E-state index >= 15 is 0 Å². The number of benzene rings is 2. The first-order valence-electron chi connectivity index (χ1n) is 9.97. The van der Waals surface area contributed by atoms with E-state index in [1.54, 1.807) is 38.5 Å². The van der Waals surface area contributed by atoms with Gasteiger partial charge in [-0.05, 0) is 55.3 Å². The highest BCUT2D eigenvalue weighted by molar-refractivity contribution is 6.13. The molecule has 0 amide bonds. The number of esters is 1. The van der Waals surface area contributed by atoms with Crippen molar-refractivity contribution in [2.24, 2.45) is 4.99 Å². The molecule has 7 heteroatoms. The molecule has 0 atom stereocenters. The molecule has 1 aliphatic rings. The molecule has 2 aromatic carbocycles. The summed E-state index contributed by atoms with van der Waals surface area (Å²) in [5.41, 5.74) is 3.74. The van der Waals surface area contributed by atoms with Crippen LogP contribution in [0.4, 0.5) is 5.69 Å². The molecular formula is C24H25N3O4. The van der Waals surface area contributed by atoms with Crippen molar-refractivity contribution in [3.8, 4) is 17.6 Å². The molecule has 0 aliphatic carbocycles. The van der Waals surface area contributed by atoms with Gasteiger partial charge in [-0.2, -0.15) is 5.26 Å². The lowest BCUT2D eigenvalue weighted by molar-refractivity contribution is -0.129. The van der Waals surface area contributed by atoms with Crippen molar-refractivity contribution < 1.29 is 19.0 Å². The van der Waals surface area contributed by atoms with E-state index in [4.69, 9.17) is 19.5 Å². The first-order chi connectivity index (χ1) is 15.0. The first kappa shape index (κ1) is 21.9. The molecule has 0 saturated carbocycles. The van der Waals surface area contributed by atoms with E-state index in [2.05, 4.69) is 22.9 Å². The Labute approximate surface area is 182 Å². The zero-order valence-corrected chi connectivity index (χ0v) is 18.1. The number of aryl methyl sites for hydroxylation is 1. The number of nitrogens with zero attached hydrogens (tertiary/aromatic N) is 3. The number of carbonyl (C=O) groups excluding carboxylic acids is 1. The van der Waals surface area contributed by atoms with Gasteiger partial charge in [-0.15, -0.1) is 0 Å². The van der Waals surface area contributed by atoms with Crippen molar-refractivity contribution in [3.63, 3.8) is 0 Å². The summed E-state index contributed by atoms with van der Waals surface area (Å²) >= 11 is 0. The van der Waals surface area contributed by atoms with Gasteiger partial charge in [-0.1, -0.05) is 6.07 Å². The van der Waals surface area contributed by atoms with E-state index in [-0.39, 0.29) is 11.6 Å². The number of ether oxygens (including phenoxy) is 3. The Morgan fingerprint density at radius 2 is 1.87 bits per heavy atom. The smallest absolute Gasteiger partial charge is 0.363 e. The summed E-state index contributed by atoms with van der Waals surface area (Å²) in [6.45, 7) is 5.52. The van der Waals surface area contributed by atoms with Crippen molar-refractivity contribution in [1.82, 2.24) is 0 Å². The zero-order valence-electron chi connectivity index (χ0n) is 18.1. The van der Waals surface area contributed by atoms with E-state index in [1.165, 1.54) is 0 Å². The molecule has 0 saturated heterocycles. The zero-order chi connectivity index (χ0) is 22.4. The van der Waals surface area contributed by atoms with E-state index in [0.717, 1.165) is 23.4 Å². The molecule has 0 fully saturated rings. The Bertz CT molecular complexity index is 1060. The molecule has 2 aromatic rings. The fraction of sp³-hybridized carbons (Fsp3) is 0.292. The Balaban J connectivity index is 1.89. The topological polar surface area (TPSA) is 84.2 Å². The molecule has 0 spiro atoms. The molecule has 0 unspecified atom stereocenters. The molecule has 31 heavy (non-hydrogen) atoms. The molecule has 0 N–H and O–H groups in total. The second-order valence-corrected chi connectivity index (χ2v) is 6.97. The maximum Gasteiger partial charge on any atom is 0.363 e. The van der Waals surface area contributed by atoms with Gasteiger partial charge in [0.25, 0.3) is 0 Å². The number of methoxy groups -OCH3 is 2. The minimum Gasteiger partial charge on any atom is -0.497 e. The van der Waals surface area contributed by atoms with E-state index in [9.17, 15) is 4.79 Å². The van der Waals surface area contributed by atoms with Gasteiger partial charge in [0, 0.05) is 30.4 Å². The standard InChI is InChI=1S/C24H25N3O4/c1-5-27(10-6-9-25)19-8-7-17(16(2)11-19)14-22-24(28)31-23(26-22)18-12-20(29-3)15-21(13-18)30-4/h7-8,11-15H,5-6,10H2,1-4H3/b22-14+. The Morgan fingerprint density at radius 1 is 1.16 bits per heavy atom. The van der Waals surface area contributed by atoms with Crippen LogP contribution in [0.2, 0.25) is 0 Å². The van der Waals surface area contributed by atoms with Crippen molar-refractivity contribution in [1.29, 1.82) is 5.26 Å². The van der Waals surface area contributed by atoms with Crippen LogP contribution in [0.5, 0.6) is 11.5 Å². The second kappa shape index (κ2) is 9.81. The molecule has 1 heterocycles. The van der Waals surface area contributed by atoms with Crippen molar-refractivity contribution >= 4 is 23.6 Å². The highest BCUT2D eigenvalue weighted by atomic mass is 16.6. The van der Waals surface area contributed by atoms with Gasteiger partial charge in [0.05, 0.1) is 26.7 Å². The molecule has 7 nitrogen and oxygen atoms in total. The molecule has 3 rings (SSSR count). The number of rotatable bonds is 8. The van der Waals surface area contributed by atoms with Crippen molar-refractivity contribution in [2.75, 3.05) is 32.2 Å². The van der Waals surface area contributed by atoms with Gasteiger partial charge in [0.2, 0.25) is 5.90 Å². The fourth-order valence-corrected chi connectivity index (χ4v) is 3.28. The number of anilines is 1. The summed E-state index contributed by atoms with van der Waals surface area (Å²) in [5, 5.41) is 8.85. The van der Waals surface area contributed by atoms with Crippen LogP contribution in [0.1, 0.15) is 30.0 Å². The number of nitriles is 1. The quantitative estimate of drug-likeness (QED) is 0.473. The third kappa shape index (κ3) is 5.04. The average Bonchev–Trinajstić information content (AvgIpc) is 3.15. The van der Waals surface area contributed by atoms with E-state index in [0.29, 0.717) is 30.0 Å². The lowest BCUT2D eigenvalue weighted by Crippen LogP contribution is -2.23. The summed E-state index contributed by atoms with van der Waals surface area (Å²) in [6.07, 6.45) is 2.19. The lowest BCUT2D eigenvalue weighted by Gasteiger charge is -2.22. The fourth-order valence-electron chi connectivity index (χ4n) is 3.28. The van der Waals surface area contributed by atoms with Crippen LogP contribution in [-0.2, 0) is 9.53 Å². The number of carbonyl (C=O) groups is 1. The number of aliphatic imine (C=N–C) groups is 1. The van der Waals surface area contributed by atoms with Crippen LogP contribution in [0.15, 0.2) is 47.1 Å². The SMILES string of the molecule is CCN(CCC#N)c1ccc(/C=C2/N=C(c3cc(OC)cc(OC)c3)OC2=O)c(C)c1. The van der Waals surface area contributed by atoms with Crippen LogP contribution < -0.4 is 14.4 Å². The average molecular weight is 419 g/mol. The lowest BCUT2D eigenvalue weighted by atomic mass is 10.1. The molecular weight excluding hydrogens is 394 g/mol. The third-order valence-corrected chi connectivity index (χ3v) is 5.00. The van der Waals surface area contributed by atoms with Gasteiger partial charge in [-0.25, -0.2) is 9.79 Å². The largest absolute Gasteiger partial charge is 0.497 e. The van der Waals surface area contributed by atoms with Gasteiger partial charge in [0.15, 0.2) is 5.70 Å². The minimum absolute atomic E-state index is 0.205. The van der Waals surface area contributed by atoms with Crippen LogP contribution >= 0.6 is 0 Å². The third-order valence-electron chi connectivity index (χ3n) is 5.00. The maximum absolute atomic E-state index is 12.4. The number of hydrogen-bond acceptors (Lipinski definition) is 7. The molecule has 0 bridgehead atoms. The normalized spacial score (nSPS) is 14.1. The number of cyclic esters (lactones) is 1. The second-order valence-electron chi connectivity index (χ2n) is 6.97. The molecule has 0 aromatic heterocycles. The molecule has 160 valence electrons. The predicted molar refractivity (Wildman–Crippen MR) is 119 cm³/mol. The Morgan fingerprint density at radius 3 is 2.45 bits per heavy atom. The summed E-state index contributed by atoms with van der Waals surface area (Å²) in [4.78, 5) is 18.9. The minimum atomic E-state index is -0.510. The van der Waals surface area contributed by atoms with Crippen LogP contribution in [0.25, 0.3) is 6.08 Å². The Hall–Kier alpha value is -3.79. The maximum atomic E-state index is 12.4. The summed E-state index contributed by atoms with van der Waals surface area (Å²) in [5.74, 6) is 0.850. The van der Waals surface area contributed by atoms with E-state index in [1.807, 2.05) is 25.1 Å². The van der Waals surface area contributed by atoms with Gasteiger partial charge in [-0.3, -0.25) is 0 Å². The summed E-state index contributed by atoms with van der Waals surface area (Å²) in [7, 11) is 3.11. The highest BCUT2D eigenvalue weighted by Gasteiger charge is 2.25. The van der Waals surface area contributed by atoms with Crippen LogP contribution in [0.3, 0.4) is 0 Å². The number of hydrogen-bond donors (Lipinski definition) is 0. The van der Waals surface area contributed by atoms with Gasteiger partial charge >= 0.3 is 5.97 Å². The molecule has 0 radical (unpaired) electrons.